The van der Waals surface area contributed by atoms with Gasteiger partial charge in [-0.05, 0) is 29.8 Å². The van der Waals surface area contributed by atoms with Crippen molar-refractivity contribution in [2.24, 2.45) is 0 Å². The molecule has 154 valence electrons. The molecular weight excluding hydrogens is 453 g/mol. The molecule has 11 heteroatoms. The Morgan fingerprint density at radius 1 is 0.967 bits per heavy atom. The maximum absolute atomic E-state index is 12.4. The lowest BCUT2D eigenvalue weighted by molar-refractivity contribution is -0.137. The number of nitrogens with one attached hydrogen (secondary N) is 2. The molecule has 30 heavy (non-hydrogen) atoms. The fraction of sp³-hybridized carbons (Fsp3) is 0.105. The number of anilines is 2. The van der Waals surface area contributed by atoms with E-state index in [0.717, 1.165) is 5.56 Å². The van der Waals surface area contributed by atoms with Gasteiger partial charge in [-0.25, -0.2) is 4.79 Å². The van der Waals surface area contributed by atoms with E-state index >= 15 is 0 Å². The Kier molecular flexibility index (Phi) is 7.04. The van der Waals surface area contributed by atoms with Crippen LogP contribution in [0, 0.1) is 0 Å². The highest BCUT2D eigenvalue weighted by atomic mass is 35.5. The number of aromatic nitrogens is 3. The maximum Gasteiger partial charge on any atom is 0.326 e. The Labute approximate surface area is 186 Å². The summed E-state index contributed by atoms with van der Waals surface area (Å²) in [5.41, 5.74) is 1.35. The zero-order valence-corrected chi connectivity index (χ0v) is 17.4. The lowest BCUT2D eigenvalue weighted by Crippen LogP contribution is -2.32. The molecule has 3 aromatic rings. The highest BCUT2D eigenvalue weighted by Gasteiger charge is 2.19. The van der Waals surface area contributed by atoms with Crippen LogP contribution in [0.5, 0.6) is 0 Å². The third-order valence-corrected chi connectivity index (χ3v) is 4.76. The first-order valence-electron chi connectivity index (χ1n) is 8.51. The summed E-state index contributed by atoms with van der Waals surface area (Å²) in [6.07, 6.45) is 2.83. The maximum atomic E-state index is 12.4. The number of hydrogen-bond donors (Lipinski definition) is 3. The minimum atomic E-state index is -1.05. The number of carboxylic acids is 1. The molecule has 1 amide bonds. The number of amides is 1. The molecule has 0 saturated heterocycles. The predicted molar refractivity (Wildman–Crippen MR) is 114 cm³/mol. The van der Waals surface area contributed by atoms with E-state index in [-0.39, 0.29) is 27.2 Å². The molecule has 0 aliphatic carbocycles. The molecule has 8 nitrogen and oxygen atoms in total. The number of pyridine rings is 1. The van der Waals surface area contributed by atoms with Gasteiger partial charge in [0.1, 0.15) is 11.9 Å². The summed E-state index contributed by atoms with van der Waals surface area (Å²) in [5.74, 6) is -1.24. The van der Waals surface area contributed by atoms with Gasteiger partial charge in [-0.1, -0.05) is 46.9 Å². The monoisotopic (exact) mass is 465 g/mol. The first-order chi connectivity index (χ1) is 14.3. The van der Waals surface area contributed by atoms with Crippen molar-refractivity contribution in [3.05, 3.63) is 75.1 Å². The molecule has 0 radical (unpaired) electrons. The van der Waals surface area contributed by atoms with Crippen molar-refractivity contribution in [1.29, 1.82) is 0 Å². The molecule has 2 aromatic heterocycles. The number of nitrogens with zero attached hydrogens (tertiary/aromatic N) is 3. The Morgan fingerprint density at radius 3 is 2.20 bits per heavy atom. The molecule has 0 unspecified atom stereocenters. The van der Waals surface area contributed by atoms with Gasteiger partial charge in [0.2, 0.25) is 0 Å². The molecule has 1 aromatic carbocycles. The van der Waals surface area contributed by atoms with E-state index in [9.17, 15) is 14.7 Å². The Bertz CT molecular complexity index is 1040. The van der Waals surface area contributed by atoms with Crippen molar-refractivity contribution in [2.45, 2.75) is 12.5 Å². The fourth-order valence-corrected chi connectivity index (χ4v) is 3.19. The third kappa shape index (κ3) is 5.56. The second kappa shape index (κ2) is 9.71. The van der Waals surface area contributed by atoms with Crippen LogP contribution >= 0.6 is 34.8 Å². The second-order valence-corrected chi connectivity index (χ2v) is 7.31. The summed E-state index contributed by atoms with van der Waals surface area (Å²) in [5, 5.41) is 22.9. The number of carbonyl (C=O) groups is 2. The van der Waals surface area contributed by atoms with Crippen molar-refractivity contribution in [3.8, 4) is 0 Å². The van der Waals surface area contributed by atoms with Gasteiger partial charge in [0.05, 0.1) is 15.6 Å². The van der Waals surface area contributed by atoms with Gasteiger partial charge in [-0.2, -0.15) is 0 Å². The molecule has 0 spiro atoms. The fourth-order valence-electron chi connectivity index (χ4n) is 2.55. The van der Waals surface area contributed by atoms with E-state index in [4.69, 9.17) is 34.8 Å². The van der Waals surface area contributed by atoms with Crippen molar-refractivity contribution in [1.82, 2.24) is 15.2 Å². The van der Waals surface area contributed by atoms with Crippen LogP contribution in [0.2, 0.25) is 15.2 Å². The van der Waals surface area contributed by atoms with Crippen molar-refractivity contribution in [2.75, 3.05) is 10.6 Å². The minimum absolute atomic E-state index is 0.122. The van der Waals surface area contributed by atoms with Crippen LogP contribution in [0.15, 0.2) is 48.8 Å². The molecule has 0 aliphatic heterocycles. The molecule has 2 heterocycles. The molecular formula is C19H14Cl3N5O3. The summed E-state index contributed by atoms with van der Waals surface area (Å²) in [7, 11) is 0. The number of carbonyl (C=O) groups excluding carboxylic acids is 1. The topological polar surface area (TPSA) is 117 Å². The number of aliphatic carboxylic acids is 1. The largest absolute Gasteiger partial charge is 0.480 e. The van der Waals surface area contributed by atoms with Gasteiger partial charge in [0, 0.05) is 24.5 Å². The van der Waals surface area contributed by atoms with Gasteiger partial charge < -0.3 is 15.7 Å². The number of hydrogen-bond acceptors (Lipinski definition) is 6. The Hall–Kier alpha value is -2.94. The van der Waals surface area contributed by atoms with Crippen molar-refractivity contribution >= 4 is 58.2 Å². The zero-order valence-electron chi connectivity index (χ0n) is 15.1. The molecule has 0 aliphatic rings. The van der Waals surface area contributed by atoms with Crippen molar-refractivity contribution in [3.63, 3.8) is 0 Å². The minimum Gasteiger partial charge on any atom is -0.480 e. The van der Waals surface area contributed by atoms with E-state index in [1.54, 1.807) is 30.3 Å². The molecule has 0 saturated carbocycles. The number of halogens is 3. The van der Waals surface area contributed by atoms with Gasteiger partial charge in [-0.3, -0.25) is 9.78 Å². The summed E-state index contributed by atoms with van der Waals surface area (Å²) < 4.78 is 0. The molecule has 1 atom stereocenters. The van der Waals surface area contributed by atoms with Gasteiger partial charge in [-0.15, -0.1) is 10.2 Å². The number of carboxylic acid groups (broad SMARTS) is 1. The van der Waals surface area contributed by atoms with Crippen LogP contribution in [0.3, 0.4) is 0 Å². The summed E-state index contributed by atoms with van der Waals surface area (Å²) in [6, 6.07) is 8.82. The van der Waals surface area contributed by atoms with Gasteiger partial charge in [0.15, 0.2) is 5.15 Å². The standard InChI is InChI=1S/C19H14Cl3N5O3/c20-12-8-23-9-13(21)17(12)18(28)24-11-3-1-10(2-4-11)7-14(19(29)30)25-16-6-5-15(22)26-27-16/h1-6,8-9,14H,7H2,(H,24,28)(H,25,27)(H,29,30)/t14-/m0/s1. The summed E-state index contributed by atoms with van der Waals surface area (Å²) in [4.78, 5) is 27.8. The first-order valence-corrected chi connectivity index (χ1v) is 9.64. The van der Waals surface area contributed by atoms with E-state index in [0.29, 0.717) is 11.5 Å². The second-order valence-electron chi connectivity index (χ2n) is 6.11. The first kappa shape index (κ1) is 21.8. The van der Waals surface area contributed by atoms with Crippen LogP contribution in [0.4, 0.5) is 11.5 Å². The Balaban J connectivity index is 1.67. The SMILES string of the molecule is O=C(Nc1ccc(C[C@H](Nc2ccc(Cl)nn2)C(=O)O)cc1)c1c(Cl)cncc1Cl. The van der Waals surface area contributed by atoms with Gasteiger partial charge in [0.25, 0.3) is 5.91 Å². The average Bonchev–Trinajstić information content (AvgIpc) is 2.70. The average molecular weight is 467 g/mol. The number of rotatable bonds is 7. The number of benzene rings is 1. The van der Waals surface area contributed by atoms with Gasteiger partial charge >= 0.3 is 5.97 Å². The highest BCUT2D eigenvalue weighted by Crippen LogP contribution is 2.24. The van der Waals surface area contributed by atoms with Crippen LogP contribution in [0.25, 0.3) is 0 Å². The van der Waals surface area contributed by atoms with Crippen LogP contribution < -0.4 is 10.6 Å². The smallest absolute Gasteiger partial charge is 0.326 e. The quantitative estimate of drug-likeness (QED) is 0.478. The van der Waals surface area contributed by atoms with E-state index in [1.807, 2.05) is 0 Å². The highest BCUT2D eigenvalue weighted by molar-refractivity contribution is 6.40. The van der Waals surface area contributed by atoms with Crippen LogP contribution in [0.1, 0.15) is 15.9 Å². The normalized spacial score (nSPS) is 11.6. The lowest BCUT2D eigenvalue weighted by atomic mass is 10.1. The van der Waals surface area contributed by atoms with Crippen LogP contribution in [-0.4, -0.2) is 38.2 Å². The lowest BCUT2D eigenvalue weighted by Gasteiger charge is -2.15. The molecule has 0 bridgehead atoms. The molecule has 3 N–H and O–H groups in total. The molecule has 3 rings (SSSR count). The van der Waals surface area contributed by atoms with E-state index < -0.39 is 17.9 Å². The molecule has 0 fully saturated rings. The predicted octanol–water partition coefficient (Wildman–Crippen LogP) is 4.19. The van der Waals surface area contributed by atoms with Crippen LogP contribution in [-0.2, 0) is 11.2 Å². The van der Waals surface area contributed by atoms with E-state index in [1.165, 1.54) is 18.5 Å². The van der Waals surface area contributed by atoms with E-state index in [2.05, 4.69) is 25.8 Å². The van der Waals surface area contributed by atoms with Crippen molar-refractivity contribution < 1.29 is 14.7 Å². The third-order valence-electron chi connectivity index (χ3n) is 3.98. The Morgan fingerprint density at radius 2 is 1.63 bits per heavy atom. The summed E-state index contributed by atoms with van der Waals surface area (Å²) >= 11 is 17.7. The zero-order chi connectivity index (χ0) is 21.7. The summed E-state index contributed by atoms with van der Waals surface area (Å²) in [6.45, 7) is 0.